The molecule has 0 aromatic rings. The van der Waals surface area contributed by atoms with Gasteiger partial charge in [-0.15, -0.1) is 0 Å². The van der Waals surface area contributed by atoms with Gasteiger partial charge in [0.05, 0.1) is 31.2 Å². The Hall–Kier alpha value is -2.20. The van der Waals surface area contributed by atoms with Gasteiger partial charge in [-0.05, 0) is 26.7 Å². The molecule has 2 aliphatic rings. The molecule has 204 valence electrons. The van der Waals surface area contributed by atoms with Crippen molar-refractivity contribution in [2.24, 2.45) is 11.3 Å². The van der Waals surface area contributed by atoms with Crippen LogP contribution in [0.5, 0.6) is 0 Å². The normalized spacial score (nSPS) is 19.9. The molecular formula is C25H44O10. The van der Waals surface area contributed by atoms with Crippen molar-refractivity contribution in [3.05, 3.63) is 0 Å². The molecule has 2 fully saturated rings. The average Bonchev–Trinajstić information content (AvgIpc) is 3.44. The van der Waals surface area contributed by atoms with Crippen molar-refractivity contribution in [1.82, 2.24) is 0 Å². The van der Waals surface area contributed by atoms with Crippen molar-refractivity contribution >= 4 is 23.9 Å². The van der Waals surface area contributed by atoms with Crippen molar-refractivity contribution in [3.63, 3.8) is 0 Å². The fourth-order valence-electron chi connectivity index (χ4n) is 2.41. The quantitative estimate of drug-likeness (QED) is 0.178. The van der Waals surface area contributed by atoms with Crippen molar-refractivity contribution in [2.45, 2.75) is 92.8 Å². The van der Waals surface area contributed by atoms with E-state index >= 15 is 0 Å². The molecule has 35 heavy (non-hydrogen) atoms. The average molecular weight is 505 g/mol. The van der Waals surface area contributed by atoms with Crippen molar-refractivity contribution < 1.29 is 47.6 Å². The largest absolute Gasteiger partial charge is 0.464 e. The molecule has 2 saturated heterocycles. The number of carbonyl (C=O) groups is 4. The van der Waals surface area contributed by atoms with E-state index in [9.17, 15) is 19.2 Å². The molecule has 0 aromatic heterocycles. The molecule has 3 atom stereocenters. The standard InChI is InChI=1S/2C11H18O5.C3H8/c1-4-11(2,3)10(13)16-7-15-8-5-6-14-9(8)12;1-3-8(2)10(12)16-7-6-14-9-4-5-15-11(9)13;1-3-2/h8H,4-7H2,1-3H3;8-9H,3-7H2,1-2H3;3H2,1-2H3. The van der Waals surface area contributed by atoms with E-state index < -0.39 is 17.6 Å². The molecule has 3 unspecified atom stereocenters. The van der Waals surface area contributed by atoms with Crippen LogP contribution in [0.1, 0.15) is 80.6 Å². The van der Waals surface area contributed by atoms with Crippen LogP contribution in [0.3, 0.4) is 0 Å². The molecule has 0 N–H and O–H groups in total. The molecule has 0 bridgehead atoms. The van der Waals surface area contributed by atoms with Gasteiger partial charge < -0.3 is 28.4 Å². The molecule has 2 aliphatic heterocycles. The van der Waals surface area contributed by atoms with E-state index in [2.05, 4.69) is 13.8 Å². The second-order valence-electron chi connectivity index (χ2n) is 8.90. The molecule has 2 heterocycles. The summed E-state index contributed by atoms with van der Waals surface area (Å²) in [5, 5.41) is 0. The number of carbonyl (C=O) groups excluding carboxylic acids is 4. The summed E-state index contributed by atoms with van der Waals surface area (Å²) in [6.45, 7) is 14.5. The minimum atomic E-state index is -0.586. The van der Waals surface area contributed by atoms with Crippen LogP contribution >= 0.6 is 0 Å². The van der Waals surface area contributed by atoms with Crippen LogP contribution in [0.2, 0.25) is 0 Å². The highest BCUT2D eigenvalue weighted by Crippen LogP contribution is 2.21. The van der Waals surface area contributed by atoms with Crippen molar-refractivity contribution in [3.8, 4) is 0 Å². The van der Waals surface area contributed by atoms with Crippen LogP contribution in [0, 0.1) is 11.3 Å². The van der Waals surface area contributed by atoms with Crippen LogP contribution in [-0.4, -0.2) is 69.3 Å². The maximum atomic E-state index is 11.5. The molecule has 0 saturated carbocycles. The van der Waals surface area contributed by atoms with E-state index in [-0.39, 0.29) is 49.8 Å². The van der Waals surface area contributed by atoms with Gasteiger partial charge in [-0.1, -0.05) is 41.0 Å². The highest BCUT2D eigenvalue weighted by molar-refractivity contribution is 5.77. The number of rotatable bonds is 11. The van der Waals surface area contributed by atoms with E-state index in [1.165, 1.54) is 6.42 Å². The van der Waals surface area contributed by atoms with Crippen molar-refractivity contribution in [1.29, 1.82) is 0 Å². The lowest BCUT2D eigenvalue weighted by Crippen LogP contribution is -2.28. The zero-order chi connectivity index (χ0) is 26.9. The Bertz CT molecular complexity index is 646. The number of hydrogen-bond donors (Lipinski definition) is 0. The van der Waals surface area contributed by atoms with Crippen LogP contribution in [0.4, 0.5) is 0 Å². The lowest BCUT2D eigenvalue weighted by atomic mass is 9.91. The molecule has 0 radical (unpaired) electrons. The Balaban J connectivity index is 0.000000594. The van der Waals surface area contributed by atoms with Gasteiger partial charge in [0, 0.05) is 12.8 Å². The first-order valence-electron chi connectivity index (χ1n) is 12.4. The van der Waals surface area contributed by atoms with Crippen LogP contribution in [0.15, 0.2) is 0 Å². The first-order chi connectivity index (χ1) is 16.5. The van der Waals surface area contributed by atoms with E-state index in [4.69, 9.17) is 28.4 Å². The lowest BCUT2D eigenvalue weighted by Gasteiger charge is -2.20. The number of ether oxygens (including phenoxy) is 6. The van der Waals surface area contributed by atoms with E-state index in [1.54, 1.807) is 13.8 Å². The maximum Gasteiger partial charge on any atom is 0.335 e. The van der Waals surface area contributed by atoms with Gasteiger partial charge in [-0.25, -0.2) is 9.59 Å². The van der Waals surface area contributed by atoms with Gasteiger partial charge in [-0.2, -0.15) is 0 Å². The second-order valence-corrected chi connectivity index (χ2v) is 8.90. The van der Waals surface area contributed by atoms with E-state index in [1.807, 2.05) is 20.8 Å². The number of cyclic esters (lactones) is 2. The van der Waals surface area contributed by atoms with Gasteiger partial charge >= 0.3 is 23.9 Å². The first kappa shape index (κ1) is 32.8. The summed E-state index contributed by atoms with van der Waals surface area (Å²) in [4.78, 5) is 44.8. The number of esters is 4. The Morgan fingerprint density at radius 1 is 0.914 bits per heavy atom. The van der Waals surface area contributed by atoms with E-state index in [0.29, 0.717) is 32.5 Å². The van der Waals surface area contributed by atoms with Gasteiger partial charge in [0.15, 0.2) is 19.0 Å². The van der Waals surface area contributed by atoms with Gasteiger partial charge in [0.2, 0.25) is 0 Å². The third-order valence-electron chi connectivity index (χ3n) is 5.33. The monoisotopic (exact) mass is 504 g/mol. The zero-order valence-electron chi connectivity index (χ0n) is 22.4. The Morgan fingerprint density at radius 2 is 1.43 bits per heavy atom. The molecular weight excluding hydrogens is 460 g/mol. The molecule has 0 spiro atoms. The summed E-state index contributed by atoms with van der Waals surface area (Å²) in [5.41, 5.74) is -0.514. The third kappa shape index (κ3) is 13.5. The summed E-state index contributed by atoms with van der Waals surface area (Å²) in [7, 11) is 0. The second kappa shape index (κ2) is 18.1. The predicted molar refractivity (Wildman–Crippen MR) is 127 cm³/mol. The SMILES string of the molecule is CCC.CCC(C)(C)C(=O)OCOC1CCOC1=O.CCC(C)C(=O)OCCOC1CCOC1=O. The summed E-state index contributed by atoms with van der Waals surface area (Å²) in [6.07, 6.45) is 2.73. The molecule has 0 aliphatic carbocycles. The van der Waals surface area contributed by atoms with Gasteiger partial charge in [0.1, 0.15) is 6.61 Å². The summed E-state index contributed by atoms with van der Waals surface area (Å²) in [5.74, 6) is -1.34. The highest BCUT2D eigenvalue weighted by atomic mass is 16.7. The fourth-order valence-corrected chi connectivity index (χ4v) is 2.41. The Morgan fingerprint density at radius 3 is 1.86 bits per heavy atom. The molecule has 10 nitrogen and oxygen atoms in total. The smallest absolute Gasteiger partial charge is 0.335 e. The summed E-state index contributed by atoms with van der Waals surface area (Å²) in [6, 6.07) is 0. The zero-order valence-corrected chi connectivity index (χ0v) is 22.4. The molecule has 10 heteroatoms. The third-order valence-corrected chi connectivity index (χ3v) is 5.33. The Labute approximate surface area is 209 Å². The van der Waals surface area contributed by atoms with Crippen LogP contribution in [-0.2, 0) is 47.6 Å². The molecule has 0 amide bonds. The number of hydrogen-bond acceptors (Lipinski definition) is 10. The van der Waals surface area contributed by atoms with Gasteiger partial charge in [0.25, 0.3) is 0 Å². The predicted octanol–water partition coefficient (Wildman–Crippen LogP) is 3.58. The van der Waals surface area contributed by atoms with Crippen LogP contribution < -0.4 is 0 Å². The summed E-state index contributed by atoms with van der Waals surface area (Å²) >= 11 is 0. The van der Waals surface area contributed by atoms with E-state index in [0.717, 1.165) is 6.42 Å². The minimum absolute atomic E-state index is 0.0866. The molecule has 0 aromatic carbocycles. The Kier molecular flexibility index (Phi) is 17.0. The minimum Gasteiger partial charge on any atom is -0.464 e. The first-order valence-corrected chi connectivity index (χ1v) is 12.4. The molecule has 2 rings (SSSR count). The van der Waals surface area contributed by atoms with Crippen LogP contribution in [0.25, 0.3) is 0 Å². The highest BCUT2D eigenvalue weighted by Gasteiger charge is 2.30. The van der Waals surface area contributed by atoms with Gasteiger partial charge in [-0.3, -0.25) is 9.59 Å². The lowest BCUT2D eigenvalue weighted by molar-refractivity contribution is -0.175. The topological polar surface area (TPSA) is 124 Å². The summed E-state index contributed by atoms with van der Waals surface area (Å²) < 4.78 is 29.7. The fraction of sp³-hybridized carbons (Fsp3) is 0.840. The maximum absolute atomic E-state index is 11.5. The van der Waals surface area contributed by atoms with Crippen molar-refractivity contribution in [2.75, 3.05) is 33.2 Å².